The average Bonchev–Trinajstić information content (AvgIpc) is 2.31. The fraction of sp³-hybridized carbons (Fsp3) is 1.00. The first kappa shape index (κ1) is 8.05. The Hall–Kier alpha value is -0.0551. The van der Waals surface area contributed by atoms with E-state index in [0.29, 0.717) is 12.1 Å². The Balaban J connectivity index is 2.06. The highest BCUT2D eigenvalue weighted by molar-refractivity contribution is 6.23. The Morgan fingerprint density at radius 2 is 2.40 bits per heavy atom. The van der Waals surface area contributed by atoms with Gasteiger partial charge in [0.15, 0.2) is 0 Å². The summed E-state index contributed by atoms with van der Waals surface area (Å²) in [5.74, 6) is 0. The highest BCUT2D eigenvalue weighted by Gasteiger charge is 2.20. The van der Waals surface area contributed by atoms with E-state index in [2.05, 4.69) is 5.23 Å². The van der Waals surface area contributed by atoms with Crippen LogP contribution in [-0.4, -0.2) is 26.8 Å². The smallest absolute Gasteiger partial charge is 0.395 e. The molecule has 2 unspecified atom stereocenters. The summed E-state index contributed by atoms with van der Waals surface area (Å²) in [7, 11) is 3.27. The van der Waals surface area contributed by atoms with Gasteiger partial charge in [-0.2, -0.15) is 0 Å². The summed E-state index contributed by atoms with van der Waals surface area (Å²) >= 11 is 0. The summed E-state index contributed by atoms with van der Waals surface area (Å²) in [6.07, 6.45) is 3.37. The van der Waals surface area contributed by atoms with Gasteiger partial charge in [0, 0.05) is 13.2 Å². The molecular weight excluding hydrogens is 127 g/mol. The van der Waals surface area contributed by atoms with Crippen LogP contribution >= 0.6 is 0 Å². The molecule has 3 nitrogen and oxygen atoms in total. The highest BCUT2D eigenvalue weighted by Crippen LogP contribution is 2.16. The second-order valence-corrected chi connectivity index (χ2v) is 2.79. The lowest BCUT2D eigenvalue weighted by atomic mass is 10.1. The fourth-order valence-electron chi connectivity index (χ4n) is 1.33. The summed E-state index contributed by atoms with van der Waals surface area (Å²) in [5.41, 5.74) is 5.70. The third-order valence-corrected chi connectivity index (χ3v) is 1.89. The topological polar surface area (TPSA) is 47.3 Å². The van der Waals surface area contributed by atoms with Crippen LogP contribution in [0.5, 0.6) is 0 Å². The van der Waals surface area contributed by atoms with Crippen molar-refractivity contribution in [3.05, 3.63) is 0 Å². The molecule has 10 heavy (non-hydrogen) atoms. The van der Waals surface area contributed by atoms with Crippen LogP contribution in [0.4, 0.5) is 0 Å². The van der Waals surface area contributed by atoms with Gasteiger partial charge in [0.2, 0.25) is 0 Å². The molecule has 1 radical (unpaired) electrons. The first-order chi connectivity index (χ1) is 4.83. The zero-order chi connectivity index (χ0) is 7.40. The van der Waals surface area contributed by atoms with E-state index >= 15 is 0 Å². The lowest BCUT2D eigenvalue weighted by Gasteiger charge is -2.08. The maximum atomic E-state index is 5.70. The van der Waals surface area contributed by atoms with E-state index in [0.717, 1.165) is 12.8 Å². The van der Waals surface area contributed by atoms with Crippen LogP contribution in [0.3, 0.4) is 0 Å². The van der Waals surface area contributed by atoms with Crippen molar-refractivity contribution in [1.82, 2.24) is 5.23 Å². The van der Waals surface area contributed by atoms with Crippen molar-refractivity contribution < 1.29 is 4.65 Å². The van der Waals surface area contributed by atoms with Crippen LogP contribution < -0.4 is 11.0 Å². The van der Waals surface area contributed by atoms with Gasteiger partial charge in [-0.05, 0) is 25.3 Å². The molecule has 57 valence electrons. The number of nitrogens with two attached hydrogens (primary N) is 1. The predicted molar refractivity (Wildman–Crippen MR) is 41.5 cm³/mol. The van der Waals surface area contributed by atoms with Gasteiger partial charge >= 0.3 is 7.62 Å². The minimum atomic E-state index is 0.391. The second kappa shape index (κ2) is 3.96. The van der Waals surface area contributed by atoms with E-state index in [4.69, 9.17) is 10.4 Å². The van der Waals surface area contributed by atoms with Gasteiger partial charge in [-0.25, -0.2) is 0 Å². The molecule has 3 N–H and O–H groups in total. The molecule has 2 atom stereocenters. The summed E-state index contributed by atoms with van der Waals surface area (Å²) in [5, 5.41) is 3.13. The van der Waals surface area contributed by atoms with Crippen LogP contribution in [0.1, 0.15) is 19.3 Å². The molecule has 0 saturated heterocycles. The Morgan fingerprint density at radius 1 is 1.60 bits per heavy atom. The maximum absolute atomic E-state index is 5.70. The van der Waals surface area contributed by atoms with Gasteiger partial charge in [0.05, 0.1) is 0 Å². The molecule has 0 aromatic carbocycles. The maximum Gasteiger partial charge on any atom is 0.395 e. The first-order valence-electron chi connectivity index (χ1n) is 3.69. The van der Waals surface area contributed by atoms with E-state index in [1.54, 1.807) is 14.7 Å². The fourth-order valence-corrected chi connectivity index (χ4v) is 1.33. The first-order valence-corrected chi connectivity index (χ1v) is 3.69. The van der Waals surface area contributed by atoms with Crippen molar-refractivity contribution >= 4 is 7.62 Å². The third-order valence-electron chi connectivity index (χ3n) is 1.89. The zero-order valence-electron chi connectivity index (χ0n) is 6.34. The molecule has 0 aromatic heterocycles. The van der Waals surface area contributed by atoms with E-state index in [1.165, 1.54) is 6.42 Å². The van der Waals surface area contributed by atoms with Gasteiger partial charge < -0.3 is 15.6 Å². The second-order valence-electron chi connectivity index (χ2n) is 2.79. The minimum absolute atomic E-state index is 0.391. The Morgan fingerprint density at radius 3 is 2.90 bits per heavy atom. The van der Waals surface area contributed by atoms with Crippen LogP contribution in [0, 0.1) is 0 Å². The molecule has 0 heterocycles. The van der Waals surface area contributed by atoms with E-state index in [-0.39, 0.29) is 0 Å². The molecule has 1 rings (SSSR count). The lowest BCUT2D eigenvalue weighted by molar-refractivity contribution is 0.420. The van der Waals surface area contributed by atoms with Crippen LogP contribution in [0.2, 0.25) is 0 Å². The molecule has 1 fully saturated rings. The Bertz CT molecular complexity index is 102. The summed E-state index contributed by atoms with van der Waals surface area (Å²) < 4.78 is 4.76. The number of hydrogen-bond donors (Lipinski definition) is 2. The van der Waals surface area contributed by atoms with Crippen LogP contribution in [-0.2, 0) is 4.65 Å². The van der Waals surface area contributed by atoms with Gasteiger partial charge in [-0.15, -0.1) is 0 Å². The number of rotatable bonds is 3. The lowest BCUT2D eigenvalue weighted by Crippen LogP contribution is -2.32. The molecule has 0 bridgehead atoms. The molecule has 0 aliphatic heterocycles. The zero-order valence-corrected chi connectivity index (χ0v) is 6.34. The highest BCUT2D eigenvalue weighted by atomic mass is 16.4. The molecule has 1 aliphatic carbocycles. The summed E-state index contributed by atoms with van der Waals surface area (Å²) in [6, 6.07) is 0.928. The number of nitrogens with one attached hydrogen (secondary N) is 1. The van der Waals surface area contributed by atoms with Crippen molar-refractivity contribution in [3.63, 3.8) is 0 Å². The Kier molecular flexibility index (Phi) is 3.18. The monoisotopic (exact) mass is 141 g/mol. The Labute approximate surface area is 62.6 Å². The molecule has 1 saturated carbocycles. The van der Waals surface area contributed by atoms with Gasteiger partial charge in [-0.1, -0.05) is 0 Å². The summed E-state index contributed by atoms with van der Waals surface area (Å²) in [6.45, 7) is 0. The minimum Gasteiger partial charge on any atom is -0.427 e. The van der Waals surface area contributed by atoms with Gasteiger partial charge in [0.25, 0.3) is 0 Å². The van der Waals surface area contributed by atoms with Crippen LogP contribution in [0.15, 0.2) is 0 Å². The number of hydrogen-bond acceptors (Lipinski definition) is 3. The van der Waals surface area contributed by atoms with Crippen molar-refractivity contribution in [2.24, 2.45) is 5.73 Å². The largest absolute Gasteiger partial charge is 0.427 e. The van der Waals surface area contributed by atoms with Crippen molar-refractivity contribution in [3.8, 4) is 0 Å². The van der Waals surface area contributed by atoms with Crippen molar-refractivity contribution in [1.29, 1.82) is 0 Å². The summed E-state index contributed by atoms with van der Waals surface area (Å²) in [4.78, 5) is 0. The normalized spacial score (nSPS) is 32.6. The molecule has 0 amide bonds. The van der Waals surface area contributed by atoms with E-state index in [9.17, 15) is 0 Å². The molecular formula is C6H14BN2O. The van der Waals surface area contributed by atoms with Gasteiger partial charge in [-0.3, -0.25) is 0 Å². The standard InChI is InChI=1S/C6H14BN2O/c1-10-7-9-6-3-2-5(8)4-6/h5-6,9H,2-4,8H2,1H3. The molecule has 1 aliphatic rings. The SMILES string of the molecule is CO[B]NC1CCC(N)C1. The van der Waals surface area contributed by atoms with Gasteiger partial charge in [0.1, 0.15) is 0 Å². The van der Waals surface area contributed by atoms with Crippen LogP contribution in [0.25, 0.3) is 0 Å². The molecule has 0 spiro atoms. The van der Waals surface area contributed by atoms with E-state index < -0.39 is 0 Å². The quantitative estimate of drug-likeness (QED) is 0.527. The molecule has 0 aromatic rings. The van der Waals surface area contributed by atoms with Crippen molar-refractivity contribution in [2.75, 3.05) is 7.11 Å². The third kappa shape index (κ3) is 2.29. The predicted octanol–water partition coefficient (Wildman–Crippen LogP) is -0.364. The average molecular weight is 141 g/mol. The molecule has 4 heteroatoms. The van der Waals surface area contributed by atoms with E-state index in [1.807, 2.05) is 0 Å². The van der Waals surface area contributed by atoms with Crippen molar-refractivity contribution in [2.45, 2.75) is 31.3 Å².